The highest BCUT2D eigenvalue weighted by molar-refractivity contribution is 7.80. The summed E-state index contributed by atoms with van der Waals surface area (Å²) in [6.07, 6.45) is 8.13. The van der Waals surface area contributed by atoms with Crippen LogP contribution < -0.4 is 0 Å². The molecule has 0 spiro atoms. The summed E-state index contributed by atoms with van der Waals surface area (Å²) in [5.74, 6) is 0.309. The molecule has 0 amide bonds. The summed E-state index contributed by atoms with van der Waals surface area (Å²) in [6.45, 7) is 16.1. The fraction of sp³-hybridized carbons (Fsp3) is 0.143. The quantitative estimate of drug-likeness (QED) is 0.116. The van der Waals surface area contributed by atoms with Crippen LogP contribution in [0.2, 0.25) is 0 Å². The van der Waals surface area contributed by atoms with E-state index < -0.39 is 0 Å². The van der Waals surface area contributed by atoms with E-state index in [1.807, 2.05) is 40.7 Å². The van der Waals surface area contributed by atoms with Crippen molar-refractivity contribution in [3.05, 3.63) is 138 Å². The lowest BCUT2D eigenvalue weighted by molar-refractivity contribution is 0.465. The number of fused-ring (bicyclic) bond motifs is 3. The van der Waals surface area contributed by atoms with Gasteiger partial charge in [-0.25, -0.2) is 0 Å². The molecule has 6 aromatic carbocycles. The monoisotopic (exact) mass is 592 g/mol. The minimum Gasteiger partial charge on any atom is -0.507 e. The van der Waals surface area contributed by atoms with Crippen molar-refractivity contribution < 1.29 is 5.11 Å². The Bertz CT molecular complexity index is 2020. The molecule has 6 rings (SSSR count). The maximum atomic E-state index is 11.1. The van der Waals surface area contributed by atoms with E-state index in [0.29, 0.717) is 5.75 Å². The Hall–Kier alpha value is -4.53. The molecule has 6 aromatic rings. The van der Waals surface area contributed by atoms with E-state index in [-0.39, 0.29) is 0 Å². The van der Waals surface area contributed by atoms with E-state index in [0.717, 1.165) is 49.1 Å². The van der Waals surface area contributed by atoms with Gasteiger partial charge in [0.1, 0.15) is 5.75 Å². The predicted octanol–water partition coefficient (Wildman–Crippen LogP) is 12.6. The summed E-state index contributed by atoms with van der Waals surface area (Å²) in [4.78, 5) is 0.830. The molecule has 0 saturated carbocycles. The lowest BCUT2D eigenvalue weighted by atomic mass is 9.81. The molecule has 220 valence electrons. The zero-order chi connectivity index (χ0) is 31.5. The molecule has 0 fully saturated rings. The third-order valence-corrected chi connectivity index (χ3v) is 9.17. The van der Waals surface area contributed by atoms with E-state index in [1.165, 1.54) is 38.2 Å². The molecule has 0 bridgehead atoms. The zero-order valence-corrected chi connectivity index (χ0v) is 27.4. The molecular formula is C42H40OS. The van der Waals surface area contributed by atoms with Crippen LogP contribution in [0, 0.1) is 20.8 Å². The third-order valence-electron chi connectivity index (χ3n) is 8.50. The normalized spacial score (nSPS) is 11.8. The van der Waals surface area contributed by atoms with Crippen LogP contribution in [-0.4, -0.2) is 5.11 Å². The summed E-state index contributed by atoms with van der Waals surface area (Å²) >= 11 is 4.84. The molecule has 1 nitrogen and oxygen atoms in total. The van der Waals surface area contributed by atoms with Crippen LogP contribution in [0.3, 0.4) is 0 Å². The van der Waals surface area contributed by atoms with Gasteiger partial charge < -0.3 is 5.11 Å². The molecule has 1 N–H and O–H groups in total. The topological polar surface area (TPSA) is 20.2 Å². The van der Waals surface area contributed by atoms with Crippen molar-refractivity contribution in [3.8, 4) is 28.0 Å². The van der Waals surface area contributed by atoms with Crippen LogP contribution in [0.1, 0.15) is 43.0 Å². The van der Waals surface area contributed by atoms with Gasteiger partial charge in [-0.3, -0.25) is 0 Å². The summed E-state index contributed by atoms with van der Waals surface area (Å²) in [5.41, 5.74) is 9.68. The van der Waals surface area contributed by atoms with E-state index >= 15 is 0 Å². The summed E-state index contributed by atoms with van der Waals surface area (Å²) in [5, 5.41) is 18.2. The number of hydrogen-bond acceptors (Lipinski definition) is 2. The SMILES string of the molecule is C=C/C=C(\C=C/C)c1ccc(-c2c3ccccc3c(-c3c(C)c(O)c(C)c(S)c3C)c3ccccc23)c2ccccc12.CC. The summed E-state index contributed by atoms with van der Waals surface area (Å²) in [6, 6.07) is 30.5. The summed E-state index contributed by atoms with van der Waals surface area (Å²) in [7, 11) is 0. The Morgan fingerprint density at radius 3 is 1.66 bits per heavy atom. The fourth-order valence-corrected chi connectivity index (χ4v) is 6.78. The molecule has 0 aliphatic carbocycles. The first kappa shape index (κ1) is 30.9. The molecule has 0 atom stereocenters. The molecule has 0 saturated heterocycles. The number of allylic oxidation sites excluding steroid dienone is 5. The molecule has 0 aliphatic rings. The largest absolute Gasteiger partial charge is 0.507 e. The number of rotatable bonds is 5. The Morgan fingerprint density at radius 1 is 0.636 bits per heavy atom. The highest BCUT2D eigenvalue weighted by Crippen LogP contribution is 2.49. The first-order valence-corrected chi connectivity index (χ1v) is 15.8. The Morgan fingerprint density at radius 2 is 1.14 bits per heavy atom. The first-order valence-electron chi connectivity index (χ1n) is 15.3. The number of phenolic OH excluding ortho intramolecular Hbond substituents is 1. The van der Waals surface area contributed by atoms with Gasteiger partial charge in [0.2, 0.25) is 0 Å². The van der Waals surface area contributed by atoms with Gasteiger partial charge in [-0.1, -0.05) is 130 Å². The van der Waals surface area contributed by atoms with Crippen LogP contribution in [0.25, 0.3) is 60.1 Å². The van der Waals surface area contributed by atoms with Gasteiger partial charge in [0, 0.05) is 10.5 Å². The van der Waals surface area contributed by atoms with Gasteiger partial charge in [0.05, 0.1) is 0 Å². The smallest absolute Gasteiger partial charge is 0.123 e. The van der Waals surface area contributed by atoms with Crippen LogP contribution in [-0.2, 0) is 0 Å². The van der Waals surface area contributed by atoms with Gasteiger partial charge in [-0.15, -0.1) is 12.6 Å². The van der Waals surface area contributed by atoms with Crippen LogP contribution in [0.15, 0.2) is 121 Å². The molecule has 0 unspecified atom stereocenters. The van der Waals surface area contributed by atoms with Gasteiger partial charge in [-0.05, 0) is 105 Å². The second kappa shape index (κ2) is 13.0. The average molecular weight is 593 g/mol. The lowest BCUT2D eigenvalue weighted by Gasteiger charge is -2.23. The number of thiol groups is 1. The maximum absolute atomic E-state index is 11.1. The summed E-state index contributed by atoms with van der Waals surface area (Å²) < 4.78 is 0. The van der Waals surface area contributed by atoms with Crippen molar-refractivity contribution in [2.45, 2.75) is 46.4 Å². The van der Waals surface area contributed by atoms with Crippen molar-refractivity contribution >= 4 is 50.5 Å². The van der Waals surface area contributed by atoms with Crippen molar-refractivity contribution in [3.63, 3.8) is 0 Å². The molecule has 0 aromatic heterocycles. The van der Waals surface area contributed by atoms with Crippen molar-refractivity contribution in [2.24, 2.45) is 0 Å². The molecule has 0 heterocycles. The average Bonchev–Trinajstić information content (AvgIpc) is 3.07. The molecule has 2 heteroatoms. The standard InChI is InChI=1S/C40H34OS.C2H6/c1-6-14-27(15-7-2)28-22-23-35(30-17-9-8-16-29(28)30)37-31-18-10-12-20-33(31)38(34-21-13-11-19-32(34)37)36-24(3)39(41)26(5)40(42)25(36)4;1-2/h6-23,41-42H,1H2,2-5H3;1-2H3/b15-7-,27-14+;. The molecule has 0 radical (unpaired) electrons. The van der Waals surface area contributed by atoms with E-state index in [4.69, 9.17) is 12.6 Å². The lowest BCUT2D eigenvalue weighted by Crippen LogP contribution is -1.98. The highest BCUT2D eigenvalue weighted by atomic mass is 32.1. The zero-order valence-electron chi connectivity index (χ0n) is 26.5. The second-order valence-electron chi connectivity index (χ2n) is 10.9. The van der Waals surface area contributed by atoms with E-state index in [2.05, 4.69) is 117 Å². The number of aromatic hydroxyl groups is 1. The van der Waals surface area contributed by atoms with Crippen LogP contribution in [0.4, 0.5) is 0 Å². The molecule has 44 heavy (non-hydrogen) atoms. The van der Waals surface area contributed by atoms with E-state index in [9.17, 15) is 5.11 Å². The van der Waals surface area contributed by atoms with Crippen LogP contribution >= 0.6 is 12.6 Å². The van der Waals surface area contributed by atoms with Gasteiger partial charge in [-0.2, -0.15) is 0 Å². The van der Waals surface area contributed by atoms with Crippen molar-refractivity contribution in [1.82, 2.24) is 0 Å². The minimum atomic E-state index is 0.309. The maximum Gasteiger partial charge on any atom is 0.123 e. The number of phenols is 1. The van der Waals surface area contributed by atoms with Gasteiger partial charge in [0.15, 0.2) is 0 Å². The van der Waals surface area contributed by atoms with Crippen molar-refractivity contribution in [1.29, 1.82) is 0 Å². The predicted molar refractivity (Wildman–Crippen MR) is 197 cm³/mol. The van der Waals surface area contributed by atoms with Crippen LogP contribution in [0.5, 0.6) is 5.75 Å². The third kappa shape index (κ3) is 5.04. The van der Waals surface area contributed by atoms with Gasteiger partial charge >= 0.3 is 0 Å². The van der Waals surface area contributed by atoms with E-state index in [1.54, 1.807) is 0 Å². The van der Waals surface area contributed by atoms with Gasteiger partial charge in [0.25, 0.3) is 0 Å². The Kier molecular flexibility index (Phi) is 9.13. The fourth-order valence-electron chi connectivity index (χ4n) is 6.57. The Balaban J connectivity index is 0.00000188. The second-order valence-corrected chi connectivity index (χ2v) is 11.3. The Labute approximate surface area is 267 Å². The minimum absolute atomic E-state index is 0.309. The number of benzene rings is 6. The molecule has 0 aliphatic heterocycles. The number of hydrogen-bond donors (Lipinski definition) is 2. The van der Waals surface area contributed by atoms with Crippen molar-refractivity contribution in [2.75, 3.05) is 0 Å². The molecular weight excluding hydrogens is 553 g/mol. The first-order chi connectivity index (χ1) is 21.4. The highest BCUT2D eigenvalue weighted by Gasteiger charge is 2.23.